The van der Waals surface area contributed by atoms with E-state index in [0.29, 0.717) is 15.9 Å². The maximum Gasteiger partial charge on any atom is 0.426 e. The Morgan fingerprint density at radius 3 is 2.72 bits per heavy atom. The smallest absolute Gasteiger partial charge is 0.426 e. The summed E-state index contributed by atoms with van der Waals surface area (Å²) in [6, 6.07) is 6.44. The predicted molar refractivity (Wildman–Crippen MR) is 63.1 cm³/mol. The number of aromatic nitrogens is 1. The summed E-state index contributed by atoms with van der Waals surface area (Å²) in [5, 5.41) is 20.4. The van der Waals surface area contributed by atoms with Crippen LogP contribution in [0.2, 0.25) is 0 Å². The number of nitrogens with zero attached hydrogens (tertiary/aromatic N) is 3. The molecule has 3 N–H and O–H groups in total. The molecule has 0 unspecified atom stereocenters. The van der Waals surface area contributed by atoms with E-state index in [1.807, 2.05) is 0 Å². The molecule has 0 aliphatic carbocycles. The molecule has 0 saturated carbocycles. The topological polar surface area (TPSA) is 123 Å². The summed E-state index contributed by atoms with van der Waals surface area (Å²) < 4.78 is 0. The van der Waals surface area contributed by atoms with Crippen molar-refractivity contribution in [3.63, 3.8) is 0 Å². The molecule has 1 aromatic heterocycles. The van der Waals surface area contributed by atoms with Crippen molar-refractivity contribution in [2.24, 2.45) is 5.84 Å². The fourth-order valence-electron chi connectivity index (χ4n) is 1.60. The van der Waals surface area contributed by atoms with Crippen LogP contribution in [0.5, 0.6) is 0 Å². The van der Waals surface area contributed by atoms with Gasteiger partial charge < -0.3 is 5.11 Å². The van der Waals surface area contributed by atoms with Gasteiger partial charge in [-0.2, -0.15) is 0 Å². The van der Waals surface area contributed by atoms with Crippen molar-refractivity contribution >= 4 is 28.4 Å². The summed E-state index contributed by atoms with van der Waals surface area (Å²) in [6.45, 7) is 0. The molecule has 8 heteroatoms. The first-order chi connectivity index (χ1) is 8.52. The number of nitrogens with two attached hydrogens (primary N) is 1. The van der Waals surface area contributed by atoms with Crippen LogP contribution in [0.15, 0.2) is 30.5 Å². The van der Waals surface area contributed by atoms with Crippen LogP contribution in [0.4, 0.5) is 16.2 Å². The van der Waals surface area contributed by atoms with Crippen LogP contribution in [0.3, 0.4) is 0 Å². The molecule has 0 atom stereocenters. The molecule has 0 fully saturated rings. The molecule has 1 aromatic carbocycles. The first-order valence-corrected chi connectivity index (χ1v) is 4.82. The highest BCUT2D eigenvalue weighted by atomic mass is 16.6. The zero-order chi connectivity index (χ0) is 13.3. The molecule has 0 bridgehead atoms. The van der Waals surface area contributed by atoms with Crippen molar-refractivity contribution in [2.75, 3.05) is 5.01 Å². The molecule has 1 heterocycles. The van der Waals surface area contributed by atoms with E-state index in [4.69, 9.17) is 10.9 Å². The maximum absolute atomic E-state index is 10.9. The van der Waals surface area contributed by atoms with Crippen LogP contribution < -0.4 is 10.9 Å². The first kappa shape index (κ1) is 11.7. The van der Waals surface area contributed by atoms with E-state index >= 15 is 0 Å². The third-order valence-corrected chi connectivity index (χ3v) is 2.37. The molecule has 0 aliphatic heterocycles. The largest absolute Gasteiger partial charge is 0.464 e. The summed E-state index contributed by atoms with van der Waals surface area (Å²) >= 11 is 0. The third-order valence-electron chi connectivity index (χ3n) is 2.37. The van der Waals surface area contributed by atoms with Gasteiger partial charge in [-0.05, 0) is 6.07 Å². The normalized spacial score (nSPS) is 10.3. The first-order valence-electron chi connectivity index (χ1n) is 4.82. The molecule has 0 radical (unpaired) electrons. The Bertz CT molecular complexity index is 643. The van der Waals surface area contributed by atoms with Gasteiger partial charge in [0.15, 0.2) is 5.69 Å². The number of nitro groups is 1. The van der Waals surface area contributed by atoms with E-state index in [9.17, 15) is 14.9 Å². The number of hydrogen-bond acceptors (Lipinski definition) is 5. The number of anilines is 1. The Labute approximate surface area is 100 Å². The van der Waals surface area contributed by atoms with Crippen LogP contribution >= 0.6 is 0 Å². The van der Waals surface area contributed by atoms with Crippen molar-refractivity contribution < 1.29 is 14.8 Å². The molecule has 1 amide bonds. The van der Waals surface area contributed by atoms with Crippen LogP contribution in [-0.4, -0.2) is 21.1 Å². The van der Waals surface area contributed by atoms with Gasteiger partial charge in [-0.15, -0.1) is 0 Å². The second-order valence-corrected chi connectivity index (χ2v) is 3.42. The lowest BCUT2D eigenvalue weighted by Crippen LogP contribution is -2.36. The van der Waals surface area contributed by atoms with Gasteiger partial charge in [0.05, 0.1) is 10.4 Å². The standard InChI is InChI=1S/C10H8N4O4/c11-13(10(15)16)9-6-3-1-2-4-7(6)12-5-8(9)14(17)18/h1-5H,11H2,(H,15,16). The summed E-state index contributed by atoms with van der Waals surface area (Å²) in [6.07, 6.45) is -0.505. The van der Waals surface area contributed by atoms with Crippen LogP contribution in [0, 0.1) is 10.1 Å². The number of carbonyl (C=O) groups is 1. The lowest BCUT2D eigenvalue weighted by atomic mass is 10.1. The van der Waals surface area contributed by atoms with Crippen LogP contribution in [0.25, 0.3) is 10.9 Å². The van der Waals surface area contributed by atoms with Gasteiger partial charge >= 0.3 is 11.8 Å². The molecule has 92 valence electrons. The molecule has 8 nitrogen and oxygen atoms in total. The highest BCUT2D eigenvalue weighted by Gasteiger charge is 2.25. The Morgan fingerprint density at radius 2 is 2.11 bits per heavy atom. The number of benzene rings is 1. The number of rotatable bonds is 2. The zero-order valence-corrected chi connectivity index (χ0v) is 8.98. The molecule has 2 aromatic rings. The Morgan fingerprint density at radius 1 is 1.44 bits per heavy atom. The molecular formula is C10H8N4O4. The number of amides is 1. The summed E-state index contributed by atoms with van der Waals surface area (Å²) in [5.41, 5.74) is -0.230. The zero-order valence-electron chi connectivity index (χ0n) is 8.98. The maximum atomic E-state index is 10.9. The number of hydrazine groups is 1. The van der Waals surface area contributed by atoms with E-state index in [0.717, 1.165) is 6.20 Å². The monoisotopic (exact) mass is 248 g/mol. The fourth-order valence-corrected chi connectivity index (χ4v) is 1.60. The SMILES string of the molecule is NN(C(=O)O)c1c([N+](=O)[O-])cnc2ccccc12. The average molecular weight is 248 g/mol. The van der Waals surface area contributed by atoms with E-state index in [1.54, 1.807) is 18.2 Å². The lowest BCUT2D eigenvalue weighted by Gasteiger charge is -2.14. The molecule has 0 saturated heterocycles. The highest BCUT2D eigenvalue weighted by Crippen LogP contribution is 2.33. The van der Waals surface area contributed by atoms with Crippen LogP contribution in [-0.2, 0) is 0 Å². The van der Waals surface area contributed by atoms with E-state index in [-0.39, 0.29) is 5.69 Å². The number of hydrogen-bond donors (Lipinski definition) is 2. The van der Waals surface area contributed by atoms with E-state index in [2.05, 4.69) is 4.98 Å². The van der Waals surface area contributed by atoms with Gasteiger partial charge in [0.25, 0.3) is 0 Å². The second-order valence-electron chi connectivity index (χ2n) is 3.42. The van der Waals surface area contributed by atoms with Gasteiger partial charge in [-0.25, -0.2) is 20.6 Å². The Kier molecular flexibility index (Phi) is 2.78. The average Bonchev–Trinajstić information content (AvgIpc) is 2.36. The van der Waals surface area contributed by atoms with Gasteiger partial charge in [0.1, 0.15) is 6.20 Å². The van der Waals surface area contributed by atoms with Crippen molar-refractivity contribution in [1.29, 1.82) is 0 Å². The molecule has 0 aliphatic rings. The van der Waals surface area contributed by atoms with Crippen molar-refractivity contribution in [1.82, 2.24) is 4.98 Å². The lowest BCUT2D eigenvalue weighted by molar-refractivity contribution is -0.384. The minimum atomic E-state index is -1.49. The van der Waals surface area contributed by atoms with Crippen molar-refractivity contribution in [3.8, 4) is 0 Å². The van der Waals surface area contributed by atoms with Crippen LogP contribution in [0.1, 0.15) is 0 Å². The minimum Gasteiger partial charge on any atom is -0.464 e. The van der Waals surface area contributed by atoms with Crippen molar-refractivity contribution in [2.45, 2.75) is 0 Å². The summed E-state index contributed by atoms with van der Waals surface area (Å²) in [4.78, 5) is 24.9. The molecule has 2 rings (SSSR count). The number of pyridine rings is 1. The quantitative estimate of drug-likeness (QED) is 0.359. The molecule has 0 spiro atoms. The third kappa shape index (κ3) is 1.80. The van der Waals surface area contributed by atoms with Gasteiger partial charge in [-0.3, -0.25) is 10.1 Å². The van der Waals surface area contributed by atoms with E-state index < -0.39 is 16.7 Å². The minimum absolute atomic E-state index is 0.196. The summed E-state index contributed by atoms with van der Waals surface area (Å²) in [5.74, 6) is 5.34. The summed E-state index contributed by atoms with van der Waals surface area (Å²) in [7, 11) is 0. The van der Waals surface area contributed by atoms with E-state index in [1.165, 1.54) is 6.07 Å². The van der Waals surface area contributed by atoms with Crippen molar-refractivity contribution in [3.05, 3.63) is 40.6 Å². The Balaban J connectivity index is 2.82. The Hall–Kier alpha value is -2.74. The van der Waals surface area contributed by atoms with Gasteiger partial charge in [-0.1, -0.05) is 18.2 Å². The van der Waals surface area contributed by atoms with Gasteiger partial charge in [0.2, 0.25) is 0 Å². The number of carboxylic acid groups (broad SMARTS) is 1. The second kappa shape index (κ2) is 4.26. The van der Waals surface area contributed by atoms with Gasteiger partial charge in [0, 0.05) is 5.39 Å². The number of fused-ring (bicyclic) bond motifs is 1. The highest BCUT2D eigenvalue weighted by molar-refractivity contribution is 6.02. The fraction of sp³-hybridized carbons (Fsp3) is 0. The number of para-hydroxylation sites is 1. The predicted octanol–water partition coefficient (Wildman–Crippen LogP) is 1.50. The molecule has 18 heavy (non-hydrogen) atoms. The molecular weight excluding hydrogens is 240 g/mol.